The average molecular weight is 485 g/mol. The lowest BCUT2D eigenvalue weighted by molar-refractivity contribution is 0.102. The molecule has 0 aliphatic heterocycles. The molecule has 7 heteroatoms. The molecule has 0 unspecified atom stereocenters. The number of hydrogen-bond donors (Lipinski definition) is 3. The highest BCUT2D eigenvalue weighted by Gasteiger charge is 2.16. The molecule has 5 rings (SSSR count). The van der Waals surface area contributed by atoms with Gasteiger partial charge in [-0.2, -0.15) is 0 Å². The lowest BCUT2D eigenvalue weighted by Crippen LogP contribution is -2.21. The average Bonchev–Trinajstić information content (AvgIpc) is 3.22. The van der Waals surface area contributed by atoms with Gasteiger partial charge >= 0.3 is 6.03 Å². The number of anilines is 3. The van der Waals surface area contributed by atoms with Crippen molar-refractivity contribution in [3.05, 3.63) is 81.9 Å². The van der Waals surface area contributed by atoms with E-state index in [0.29, 0.717) is 10.7 Å². The summed E-state index contributed by atoms with van der Waals surface area (Å²) >= 11 is 1.35. The Hall–Kier alpha value is -3.71. The Labute approximate surface area is 208 Å². The van der Waals surface area contributed by atoms with E-state index in [2.05, 4.69) is 39.1 Å². The smallest absolute Gasteiger partial charge is 0.322 e. The second-order valence-electron chi connectivity index (χ2n) is 9.16. The number of fused-ring (bicyclic) bond motifs is 2. The highest BCUT2D eigenvalue weighted by atomic mass is 32.1. The van der Waals surface area contributed by atoms with Crippen LogP contribution in [-0.2, 0) is 12.8 Å². The van der Waals surface area contributed by atoms with E-state index in [0.717, 1.165) is 52.0 Å². The number of aromatic nitrogens is 1. The van der Waals surface area contributed by atoms with Gasteiger partial charge in [0.05, 0.1) is 10.2 Å². The molecule has 0 fully saturated rings. The van der Waals surface area contributed by atoms with Crippen molar-refractivity contribution in [2.24, 2.45) is 0 Å². The summed E-state index contributed by atoms with van der Waals surface area (Å²) in [5.41, 5.74) is 8.77. The fraction of sp³-hybridized carbons (Fsp3) is 0.250. The predicted molar refractivity (Wildman–Crippen MR) is 144 cm³/mol. The lowest BCUT2D eigenvalue weighted by atomic mass is 9.90. The zero-order valence-corrected chi connectivity index (χ0v) is 20.9. The number of hydrogen-bond acceptors (Lipinski definition) is 4. The first-order valence-corrected chi connectivity index (χ1v) is 12.7. The van der Waals surface area contributed by atoms with E-state index in [-0.39, 0.29) is 11.9 Å². The van der Waals surface area contributed by atoms with E-state index in [4.69, 9.17) is 0 Å². The minimum absolute atomic E-state index is 0.170. The van der Waals surface area contributed by atoms with Gasteiger partial charge < -0.3 is 10.6 Å². The van der Waals surface area contributed by atoms with Crippen LogP contribution >= 0.6 is 11.3 Å². The Morgan fingerprint density at radius 2 is 1.66 bits per heavy atom. The van der Waals surface area contributed by atoms with Crippen molar-refractivity contribution in [1.29, 1.82) is 0 Å². The van der Waals surface area contributed by atoms with Crippen LogP contribution in [0.15, 0.2) is 48.5 Å². The largest absolute Gasteiger partial charge is 0.325 e. The second kappa shape index (κ2) is 9.50. The molecule has 3 aromatic carbocycles. The molecule has 3 amide bonds. The van der Waals surface area contributed by atoms with Crippen molar-refractivity contribution in [1.82, 2.24) is 4.98 Å². The van der Waals surface area contributed by atoms with Gasteiger partial charge in [-0.1, -0.05) is 41.2 Å². The van der Waals surface area contributed by atoms with Crippen LogP contribution in [0.25, 0.3) is 10.2 Å². The number of urea groups is 1. The SMILES string of the molecule is Cc1cc(C)c(NC(=O)c2ccc3nc(NC(=O)Nc4cccc5c4CCCC5)sc3c2)c(C)c1. The number of aryl methyl sites for hydroxylation is 4. The second-order valence-corrected chi connectivity index (χ2v) is 10.2. The van der Waals surface area contributed by atoms with Crippen molar-refractivity contribution in [3.63, 3.8) is 0 Å². The monoisotopic (exact) mass is 484 g/mol. The van der Waals surface area contributed by atoms with Crippen LogP contribution in [0.2, 0.25) is 0 Å². The van der Waals surface area contributed by atoms with Gasteiger partial charge in [0.2, 0.25) is 0 Å². The molecule has 0 saturated heterocycles. The summed E-state index contributed by atoms with van der Waals surface area (Å²) in [5, 5.41) is 9.37. The molecule has 1 heterocycles. The maximum atomic E-state index is 12.9. The third-order valence-electron chi connectivity index (χ3n) is 6.43. The summed E-state index contributed by atoms with van der Waals surface area (Å²) in [6.07, 6.45) is 4.38. The first-order chi connectivity index (χ1) is 16.9. The fourth-order valence-corrected chi connectivity index (χ4v) is 5.73. The van der Waals surface area contributed by atoms with E-state index in [1.807, 2.05) is 45.0 Å². The lowest BCUT2D eigenvalue weighted by Gasteiger charge is -2.19. The Kier molecular flexibility index (Phi) is 6.26. The van der Waals surface area contributed by atoms with E-state index < -0.39 is 0 Å². The minimum Gasteiger partial charge on any atom is -0.322 e. The van der Waals surface area contributed by atoms with Crippen LogP contribution in [-0.4, -0.2) is 16.9 Å². The number of benzene rings is 3. The number of amides is 3. The molecular weight excluding hydrogens is 456 g/mol. The van der Waals surface area contributed by atoms with Gasteiger partial charge in [0.1, 0.15) is 0 Å². The Morgan fingerprint density at radius 1 is 0.886 bits per heavy atom. The summed E-state index contributed by atoms with van der Waals surface area (Å²) in [5.74, 6) is -0.170. The summed E-state index contributed by atoms with van der Waals surface area (Å²) in [7, 11) is 0. The minimum atomic E-state index is -0.314. The molecule has 0 spiro atoms. The van der Waals surface area contributed by atoms with Crippen LogP contribution in [0.4, 0.5) is 21.3 Å². The third-order valence-corrected chi connectivity index (χ3v) is 7.36. The number of carbonyl (C=O) groups excluding carboxylic acids is 2. The molecule has 1 aliphatic carbocycles. The van der Waals surface area contributed by atoms with Gasteiger partial charge in [0.15, 0.2) is 5.13 Å². The van der Waals surface area contributed by atoms with Crippen molar-refractivity contribution < 1.29 is 9.59 Å². The van der Waals surface area contributed by atoms with Gasteiger partial charge in [-0.05, 0) is 93.0 Å². The van der Waals surface area contributed by atoms with Crippen LogP contribution in [0.5, 0.6) is 0 Å². The zero-order chi connectivity index (χ0) is 24.5. The Morgan fingerprint density at radius 3 is 2.46 bits per heavy atom. The van der Waals surface area contributed by atoms with Crippen molar-refractivity contribution >= 4 is 50.0 Å². The molecule has 6 nitrogen and oxygen atoms in total. The standard InChI is InChI=1S/C28H28N4O2S/c1-16-13-17(2)25(18(3)14-16)31-26(33)20-11-12-23-24(15-20)35-28(30-23)32-27(34)29-22-10-6-8-19-7-4-5-9-21(19)22/h6,8,10-15H,4-5,7,9H2,1-3H3,(H,31,33)(H2,29,30,32,34). The predicted octanol–water partition coefficient (Wildman–Crippen LogP) is 7.00. The van der Waals surface area contributed by atoms with Crippen LogP contribution in [0.3, 0.4) is 0 Å². The zero-order valence-electron chi connectivity index (χ0n) is 20.1. The molecule has 0 bridgehead atoms. The van der Waals surface area contributed by atoms with Gasteiger partial charge in [-0.15, -0.1) is 0 Å². The number of nitrogens with zero attached hydrogens (tertiary/aromatic N) is 1. The molecule has 1 aliphatic rings. The molecule has 3 N–H and O–H groups in total. The maximum absolute atomic E-state index is 12.9. The number of nitrogens with one attached hydrogen (secondary N) is 3. The first kappa shape index (κ1) is 23.1. The van der Waals surface area contributed by atoms with Crippen molar-refractivity contribution in [3.8, 4) is 0 Å². The third kappa shape index (κ3) is 4.91. The van der Waals surface area contributed by atoms with Gasteiger partial charge in [-0.25, -0.2) is 9.78 Å². The summed E-state index contributed by atoms with van der Waals surface area (Å²) in [6.45, 7) is 6.04. The molecule has 0 atom stereocenters. The van der Waals surface area contributed by atoms with E-state index >= 15 is 0 Å². The van der Waals surface area contributed by atoms with E-state index in [9.17, 15) is 9.59 Å². The normalized spacial score (nSPS) is 12.8. The molecule has 0 saturated carbocycles. The molecule has 0 radical (unpaired) electrons. The number of thiazole rings is 1. The van der Waals surface area contributed by atoms with Gasteiger partial charge in [0.25, 0.3) is 5.91 Å². The van der Waals surface area contributed by atoms with Crippen LogP contribution < -0.4 is 16.0 Å². The summed E-state index contributed by atoms with van der Waals surface area (Å²) < 4.78 is 0.836. The Bertz CT molecular complexity index is 1430. The number of carbonyl (C=O) groups is 2. The van der Waals surface area contributed by atoms with E-state index in [1.165, 1.54) is 34.4 Å². The van der Waals surface area contributed by atoms with Gasteiger partial charge in [-0.3, -0.25) is 10.1 Å². The first-order valence-electron chi connectivity index (χ1n) is 11.9. The molecule has 4 aromatic rings. The Balaban J connectivity index is 1.30. The maximum Gasteiger partial charge on any atom is 0.325 e. The quantitative estimate of drug-likeness (QED) is 0.292. The van der Waals surface area contributed by atoms with E-state index in [1.54, 1.807) is 6.07 Å². The molecule has 35 heavy (non-hydrogen) atoms. The van der Waals surface area contributed by atoms with Crippen LogP contribution in [0.1, 0.15) is 51.0 Å². The van der Waals surface area contributed by atoms with Crippen molar-refractivity contribution in [2.45, 2.75) is 46.5 Å². The molecule has 1 aromatic heterocycles. The molecule has 178 valence electrons. The fourth-order valence-electron chi connectivity index (χ4n) is 4.83. The molecular formula is C28H28N4O2S. The highest BCUT2D eigenvalue weighted by Crippen LogP contribution is 2.30. The van der Waals surface area contributed by atoms with Gasteiger partial charge in [0, 0.05) is 16.9 Å². The summed E-state index contributed by atoms with van der Waals surface area (Å²) in [6, 6.07) is 15.3. The van der Waals surface area contributed by atoms with Crippen molar-refractivity contribution in [2.75, 3.05) is 16.0 Å². The number of rotatable bonds is 4. The topological polar surface area (TPSA) is 83.1 Å². The summed E-state index contributed by atoms with van der Waals surface area (Å²) in [4.78, 5) is 30.2. The van der Waals surface area contributed by atoms with Crippen LogP contribution in [0, 0.1) is 20.8 Å². The highest BCUT2D eigenvalue weighted by molar-refractivity contribution is 7.22.